The smallest absolute Gasteiger partial charge is 0.178 e. The van der Waals surface area contributed by atoms with Gasteiger partial charge in [0.1, 0.15) is 5.82 Å². The van der Waals surface area contributed by atoms with Crippen molar-refractivity contribution in [2.45, 2.75) is 24.9 Å². The van der Waals surface area contributed by atoms with Gasteiger partial charge in [-0.15, -0.1) is 11.8 Å². The molecular formula is C11H11FOS. The van der Waals surface area contributed by atoms with Gasteiger partial charge in [-0.05, 0) is 31.0 Å². The minimum atomic E-state index is -0.372. The Morgan fingerprint density at radius 3 is 2.93 bits per heavy atom. The normalized spacial score (nSPS) is 20.8. The van der Waals surface area contributed by atoms with Gasteiger partial charge in [-0.3, -0.25) is 4.79 Å². The van der Waals surface area contributed by atoms with Gasteiger partial charge in [-0.1, -0.05) is 6.07 Å². The topological polar surface area (TPSA) is 17.1 Å². The fraction of sp³-hybridized carbons (Fsp3) is 0.364. The maximum absolute atomic E-state index is 13.4. The average molecular weight is 210 g/mol. The Morgan fingerprint density at radius 1 is 1.50 bits per heavy atom. The molecule has 1 unspecified atom stereocenters. The molecule has 1 atom stereocenters. The number of hydrogen-bond donors (Lipinski definition) is 0. The zero-order valence-corrected chi connectivity index (χ0v) is 8.95. The molecule has 0 N–H and O–H groups in total. The van der Waals surface area contributed by atoms with E-state index >= 15 is 0 Å². The van der Waals surface area contributed by atoms with Crippen LogP contribution in [0.25, 0.3) is 0 Å². The Hall–Kier alpha value is -0.830. The molecule has 0 saturated heterocycles. The molecule has 0 spiro atoms. The SMILES string of the molecule is Cc1ccc(F)c2c1CSC(C)C2=O. The van der Waals surface area contributed by atoms with Crippen LogP contribution in [-0.4, -0.2) is 11.0 Å². The van der Waals surface area contributed by atoms with Crippen LogP contribution < -0.4 is 0 Å². The maximum Gasteiger partial charge on any atom is 0.178 e. The Morgan fingerprint density at radius 2 is 2.21 bits per heavy atom. The summed E-state index contributed by atoms with van der Waals surface area (Å²) >= 11 is 1.58. The summed E-state index contributed by atoms with van der Waals surface area (Å²) in [4.78, 5) is 11.7. The van der Waals surface area contributed by atoms with E-state index in [1.165, 1.54) is 6.07 Å². The minimum absolute atomic E-state index is 0.0718. The molecule has 74 valence electrons. The average Bonchev–Trinajstić information content (AvgIpc) is 2.16. The van der Waals surface area contributed by atoms with Gasteiger partial charge in [-0.2, -0.15) is 0 Å². The van der Waals surface area contributed by atoms with Crippen molar-refractivity contribution in [3.8, 4) is 0 Å². The van der Waals surface area contributed by atoms with Gasteiger partial charge in [0.25, 0.3) is 0 Å². The van der Waals surface area contributed by atoms with E-state index in [1.807, 2.05) is 13.8 Å². The first-order chi connectivity index (χ1) is 6.61. The van der Waals surface area contributed by atoms with Crippen LogP contribution in [-0.2, 0) is 5.75 Å². The van der Waals surface area contributed by atoms with E-state index in [2.05, 4.69) is 0 Å². The van der Waals surface area contributed by atoms with Crippen molar-refractivity contribution in [2.24, 2.45) is 0 Å². The number of benzene rings is 1. The van der Waals surface area contributed by atoms with Crippen LogP contribution in [0.3, 0.4) is 0 Å². The predicted molar refractivity (Wildman–Crippen MR) is 56.2 cm³/mol. The lowest BCUT2D eigenvalue weighted by atomic mass is 9.97. The molecule has 1 heterocycles. The summed E-state index contributed by atoms with van der Waals surface area (Å²) in [6.07, 6.45) is 0. The summed E-state index contributed by atoms with van der Waals surface area (Å²) in [6.45, 7) is 3.75. The second-order valence-electron chi connectivity index (χ2n) is 3.54. The molecule has 1 aromatic carbocycles. The summed E-state index contributed by atoms with van der Waals surface area (Å²) in [5.41, 5.74) is 2.20. The van der Waals surface area contributed by atoms with Gasteiger partial charge in [0.05, 0.1) is 10.8 Å². The van der Waals surface area contributed by atoms with Crippen LogP contribution in [0.2, 0.25) is 0 Å². The van der Waals surface area contributed by atoms with E-state index in [-0.39, 0.29) is 16.9 Å². The van der Waals surface area contributed by atoms with Gasteiger partial charge in [0.2, 0.25) is 0 Å². The summed E-state index contributed by atoms with van der Waals surface area (Å²) in [6, 6.07) is 3.12. The van der Waals surface area contributed by atoms with Gasteiger partial charge < -0.3 is 0 Å². The minimum Gasteiger partial charge on any atom is -0.293 e. The van der Waals surface area contributed by atoms with Crippen molar-refractivity contribution in [1.29, 1.82) is 0 Å². The van der Waals surface area contributed by atoms with E-state index in [9.17, 15) is 9.18 Å². The lowest BCUT2D eigenvalue weighted by Gasteiger charge is -2.21. The number of halogens is 1. The molecule has 1 aliphatic heterocycles. The van der Waals surface area contributed by atoms with Crippen molar-refractivity contribution in [3.05, 3.63) is 34.6 Å². The predicted octanol–water partition coefficient (Wildman–Crippen LogP) is 2.95. The van der Waals surface area contributed by atoms with Crippen molar-refractivity contribution < 1.29 is 9.18 Å². The number of aryl methyl sites for hydroxylation is 1. The molecule has 0 aliphatic carbocycles. The molecule has 0 fully saturated rings. The highest BCUT2D eigenvalue weighted by Crippen LogP contribution is 2.33. The Kier molecular flexibility index (Phi) is 2.35. The van der Waals surface area contributed by atoms with Crippen LogP contribution in [0.15, 0.2) is 12.1 Å². The van der Waals surface area contributed by atoms with E-state index in [4.69, 9.17) is 0 Å². The van der Waals surface area contributed by atoms with Gasteiger partial charge in [-0.25, -0.2) is 4.39 Å². The van der Waals surface area contributed by atoms with Crippen LogP contribution in [0, 0.1) is 12.7 Å². The second kappa shape index (κ2) is 3.39. The highest BCUT2D eigenvalue weighted by atomic mass is 32.2. The van der Waals surface area contributed by atoms with E-state index in [1.54, 1.807) is 17.8 Å². The van der Waals surface area contributed by atoms with Gasteiger partial charge in [0.15, 0.2) is 5.78 Å². The largest absolute Gasteiger partial charge is 0.293 e. The summed E-state index contributed by atoms with van der Waals surface area (Å²) in [7, 11) is 0. The van der Waals surface area contributed by atoms with Crippen molar-refractivity contribution in [3.63, 3.8) is 0 Å². The van der Waals surface area contributed by atoms with Gasteiger partial charge >= 0.3 is 0 Å². The Bertz CT molecular complexity index is 401. The van der Waals surface area contributed by atoms with Crippen molar-refractivity contribution >= 4 is 17.5 Å². The lowest BCUT2D eigenvalue weighted by Crippen LogP contribution is -2.22. The third kappa shape index (κ3) is 1.36. The van der Waals surface area contributed by atoms with E-state index < -0.39 is 0 Å². The molecule has 3 heteroatoms. The fourth-order valence-electron chi connectivity index (χ4n) is 1.66. The second-order valence-corrected chi connectivity index (χ2v) is 4.86. The first kappa shape index (κ1) is 9.71. The number of carbonyl (C=O) groups excluding carboxylic acids is 1. The zero-order chi connectivity index (χ0) is 10.3. The number of hydrogen-bond acceptors (Lipinski definition) is 2. The van der Waals surface area contributed by atoms with Crippen molar-refractivity contribution in [1.82, 2.24) is 0 Å². The highest BCUT2D eigenvalue weighted by molar-refractivity contribution is 8.00. The van der Waals surface area contributed by atoms with Crippen molar-refractivity contribution in [2.75, 3.05) is 0 Å². The number of thioether (sulfide) groups is 1. The monoisotopic (exact) mass is 210 g/mol. The maximum atomic E-state index is 13.4. The van der Waals surface area contributed by atoms with Gasteiger partial charge in [0, 0.05) is 5.75 Å². The number of ketones is 1. The molecular weight excluding hydrogens is 199 g/mol. The van der Waals surface area contributed by atoms with E-state index in [0.717, 1.165) is 16.9 Å². The van der Waals surface area contributed by atoms with Crippen LogP contribution in [0.4, 0.5) is 4.39 Å². The summed E-state index contributed by atoms with van der Waals surface area (Å²) in [5, 5.41) is -0.112. The Balaban J connectivity index is 2.64. The third-order valence-electron chi connectivity index (χ3n) is 2.59. The quantitative estimate of drug-likeness (QED) is 0.655. The Labute approximate surface area is 86.7 Å². The molecule has 14 heavy (non-hydrogen) atoms. The number of fused-ring (bicyclic) bond motifs is 1. The third-order valence-corrected chi connectivity index (χ3v) is 3.76. The number of carbonyl (C=O) groups is 1. The molecule has 0 radical (unpaired) electrons. The number of rotatable bonds is 0. The molecule has 0 saturated carbocycles. The number of Topliss-reactive ketones (excluding diaryl/α,β-unsaturated/α-hetero) is 1. The van der Waals surface area contributed by atoms with Crippen LogP contribution in [0.1, 0.15) is 28.4 Å². The molecule has 1 aromatic rings. The summed E-state index contributed by atoms with van der Waals surface area (Å²) in [5.74, 6) is 0.298. The summed E-state index contributed by atoms with van der Waals surface area (Å²) < 4.78 is 13.4. The molecule has 0 aromatic heterocycles. The molecule has 1 aliphatic rings. The molecule has 0 amide bonds. The highest BCUT2D eigenvalue weighted by Gasteiger charge is 2.28. The zero-order valence-electron chi connectivity index (χ0n) is 8.13. The van der Waals surface area contributed by atoms with E-state index in [0.29, 0.717) is 5.56 Å². The lowest BCUT2D eigenvalue weighted by molar-refractivity contribution is 0.0987. The molecule has 0 bridgehead atoms. The molecule has 1 nitrogen and oxygen atoms in total. The fourth-order valence-corrected chi connectivity index (χ4v) is 2.72. The standard InChI is InChI=1S/C11H11FOS/c1-6-3-4-9(12)10-8(6)5-14-7(2)11(10)13/h3-4,7H,5H2,1-2H3. The van der Waals surface area contributed by atoms with Crippen LogP contribution >= 0.6 is 11.8 Å². The first-order valence-electron chi connectivity index (χ1n) is 4.55. The molecule has 2 rings (SSSR count). The first-order valence-corrected chi connectivity index (χ1v) is 5.60. The van der Waals surface area contributed by atoms with Crippen LogP contribution in [0.5, 0.6) is 0 Å².